The number of nitrogens with two attached hydrogens (primary N) is 1. The zero-order chi connectivity index (χ0) is 25.4. The predicted molar refractivity (Wildman–Crippen MR) is 129 cm³/mol. The summed E-state index contributed by atoms with van der Waals surface area (Å²) in [5.41, 5.74) is 7.56. The lowest BCUT2D eigenvalue weighted by atomic mass is 9.79. The third-order valence-corrected chi connectivity index (χ3v) is 6.40. The smallest absolute Gasteiger partial charge is 0.254 e. The van der Waals surface area contributed by atoms with Gasteiger partial charge in [-0.25, -0.2) is 9.97 Å². The molecule has 11 nitrogen and oxygen atoms in total. The van der Waals surface area contributed by atoms with Crippen molar-refractivity contribution in [2.24, 2.45) is 11.1 Å². The molecule has 0 aromatic carbocycles. The minimum atomic E-state index is -0.629. The first-order valence-corrected chi connectivity index (χ1v) is 11.3. The Kier molecular flexibility index (Phi) is 5.68. The molecule has 5 heterocycles. The summed E-state index contributed by atoms with van der Waals surface area (Å²) in [6, 6.07) is 9.96. The van der Waals surface area contributed by atoms with Gasteiger partial charge < -0.3 is 16.0 Å². The second-order valence-electron chi connectivity index (χ2n) is 9.34. The molecule has 0 radical (unpaired) electrons. The van der Waals surface area contributed by atoms with Crippen LogP contribution in [-0.4, -0.2) is 54.8 Å². The fourth-order valence-electron chi connectivity index (χ4n) is 4.46. The third-order valence-electron chi connectivity index (χ3n) is 6.40. The lowest BCUT2D eigenvalue weighted by Crippen LogP contribution is -2.52. The minimum Gasteiger partial charge on any atom is -0.366 e. The van der Waals surface area contributed by atoms with Crippen LogP contribution in [0, 0.1) is 22.7 Å². The molecule has 1 aliphatic heterocycles. The third kappa shape index (κ3) is 4.26. The molecular weight excluding hydrogens is 463 g/mol. The van der Waals surface area contributed by atoms with Crippen LogP contribution in [0.1, 0.15) is 36.3 Å². The van der Waals surface area contributed by atoms with E-state index >= 15 is 0 Å². The van der Waals surface area contributed by atoms with Crippen molar-refractivity contribution in [2.45, 2.75) is 26.3 Å². The summed E-state index contributed by atoms with van der Waals surface area (Å²) < 4.78 is 14.8. The van der Waals surface area contributed by atoms with E-state index in [1.54, 1.807) is 28.8 Å². The molecule has 1 saturated heterocycles. The summed E-state index contributed by atoms with van der Waals surface area (Å²) >= 11 is 0. The molecule has 0 saturated carbocycles. The first-order chi connectivity index (χ1) is 17.2. The van der Waals surface area contributed by atoms with E-state index in [9.17, 15) is 9.18 Å². The lowest BCUT2D eigenvalue weighted by molar-refractivity contribution is 0.1000. The van der Waals surface area contributed by atoms with E-state index in [1.807, 2.05) is 6.07 Å². The quantitative estimate of drug-likeness (QED) is 0.405. The van der Waals surface area contributed by atoms with Gasteiger partial charge in [-0.3, -0.25) is 4.79 Å². The number of carbonyl (C=O) groups is 1. The Labute approximate surface area is 205 Å². The van der Waals surface area contributed by atoms with Crippen LogP contribution in [0.4, 0.5) is 16.0 Å². The van der Waals surface area contributed by atoms with Gasteiger partial charge >= 0.3 is 0 Å². The minimum absolute atomic E-state index is 0.0380. The van der Waals surface area contributed by atoms with E-state index in [-0.39, 0.29) is 22.7 Å². The highest BCUT2D eigenvalue weighted by molar-refractivity contribution is 5.97. The number of rotatable bonds is 5. The van der Waals surface area contributed by atoms with Crippen LogP contribution in [0.2, 0.25) is 0 Å². The number of piperidine rings is 1. The Morgan fingerprint density at radius 3 is 2.69 bits per heavy atom. The highest BCUT2D eigenvalue weighted by atomic mass is 19.1. The molecule has 0 bridgehead atoms. The van der Waals surface area contributed by atoms with Crippen LogP contribution in [0.5, 0.6) is 0 Å². The van der Waals surface area contributed by atoms with Gasteiger partial charge in [0.15, 0.2) is 17.2 Å². The van der Waals surface area contributed by atoms with Crippen LogP contribution in [0.15, 0.2) is 42.7 Å². The Hall–Kier alpha value is -4.66. The number of nitrogens with one attached hydrogen (secondary N) is 1. The molecule has 36 heavy (non-hydrogen) atoms. The molecule has 4 aromatic heterocycles. The van der Waals surface area contributed by atoms with Crippen LogP contribution in [0.25, 0.3) is 16.9 Å². The van der Waals surface area contributed by atoms with Gasteiger partial charge in [-0.1, -0.05) is 13.8 Å². The number of hydrogen-bond donors (Lipinski definition) is 2. The number of aromatic nitrogens is 6. The zero-order valence-electron chi connectivity index (χ0n) is 19.7. The monoisotopic (exact) mass is 486 g/mol. The van der Waals surface area contributed by atoms with Crippen molar-refractivity contribution in [2.75, 3.05) is 23.3 Å². The number of anilines is 2. The van der Waals surface area contributed by atoms with Gasteiger partial charge in [0.25, 0.3) is 5.91 Å². The van der Waals surface area contributed by atoms with Crippen molar-refractivity contribution in [3.63, 3.8) is 0 Å². The van der Waals surface area contributed by atoms with Gasteiger partial charge in [-0.05, 0) is 30.7 Å². The number of hydrogen-bond acceptors (Lipinski definition) is 9. The Balaban J connectivity index is 1.46. The van der Waals surface area contributed by atoms with Crippen molar-refractivity contribution >= 4 is 23.2 Å². The zero-order valence-corrected chi connectivity index (χ0v) is 19.7. The molecule has 0 aliphatic carbocycles. The summed E-state index contributed by atoms with van der Waals surface area (Å²) in [6.07, 6.45) is 3.56. The molecule has 5 rings (SSSR count). The van der Waals surface area contributed by atoms with Crippen molar-refractivity contribution in [3.05, 3.63) is 59.9 Å². The predicted octanol–water partition coefficient (Wildman–Crippen LogP) is 2.41. The number of pyridine rings is 1. The molecular formula is C24H23FN10O. The summed E-state index contributed by atoms with van der Waals surface area (Å²) in [7, 11) is 0. The van der Waals surface area contributed by atoms with Gasteiger partial charge in [0.05, 0.1) is 11.3 Å². The molecule has 3 N–H and O–H groups in total. The summed E-state index contributed by atoms with van der Waals surface area (Å²) in [4.78, 5) is 22.4. The molecule has 1 atom stereocenters. The van der Waals surface area contributed by atoms with E-state index in [0.29, 0.717) is 41.6 Å². The lowest BCUT2D eigenvalue weighted by Gasteiger charge is -2.45. The molecule has 4 aromatic rings. The van der Waals surface area contributed by atoms with E-state index in [1.165, 1.54) is 18.5 Å². The topological polar surface area (TPSA) is 151 Å². The summed E-state index contributed by atoms with van der Waals surface area (Å²) in [6.45, 7) is 5.59. The maximum absolute atomic E-state index is 13.3. The summed E-state index contributed by atoms with van der Waals surface area (Å²) in [5, 5.41) is 25.2. The highest BCUT2D eigenvalue weighted by Gasteiger charge is 2.37. The summed E-state index contributed by atoms with van der Waals surface area (Å²) in [5.74, 6) is -0.0668. The Morgan fingerprint density at radius 1 is 1.22 bits per heavy atom. The number of carbonyl (C=O) groups excluding carboxylic acids is 1. The van der Waals surface area contributed by atoms with Crippen molar-refractivity contribution in [3.8, 4) is 17.3 Å². The SMILES string of the molecule is CC1(C)CN(c2ccc(C#N)nn2)CCC1Nc1c(C(N)=O)cnc2cc(-c3ccc(F)nc3)nn12. The average Bonchev–Trinajstić information content (AvgIpc) is 3.30. The molecule has 1 amide bonds. The molecule has 1 aliphatic rings. The van der Waals surface area contributed by atoms with E-state index in [0.717, 1.165) is 6.42 Å². The van der Waals surface area contributed by atoms with Crippen molar-refractivity contribution < 1.29 is 9.18 Å². The second-order valence-corrected chi connectivity index (χ2v) is 9.34. The number of halogens is 1. The van der Waals surface area contributed by atoms with Crippen molar-refractivity contribution in [1.82, 2.24) is 29.8 Å². The average molecular weight is 487 g/mol. The standard InChI is InChI=1S/C24H23FN10O/c1-24(2)13-34(20-6-4-15(10-26)31-32-20)8-7-18(24)30-23-16(22(27)36)12-29-21-9-17(33-35(21)23)14-3-5-19(25)28-11-14/h3-6,9,11-12,18,30H,7-8,13H2,1-2H3,(H2,27,36). The maximum Gasteiger partial charge on any atom is 0.254 e. The van der Waals surface area contributed by atoms with Crippen LogP contribution >= 0.6 is 0 Å². The van der Waals surface area contributed by atoms with E-state index in [4.69, 9.17) is 11.0 Å². The number of fused-ring (bicyclic) bond motifs is 1. The largest absolute Gasteiger partial charge is 0.366 e. The normalized spacial score (nSPS) is 17.1. The van der Waals surface area contributed by atoms with E-state index in [2.05, 4.69) is 49.3 Å². The van der Waals surface area contributed by atoms with Crippen molar-refractivity contribution in [1.29, 1.82) is 5.26 Å². The first-order valence-electron chi connectivity index (χ1n) is 11.3. The molecule has 1 unspecified atom stereocenters. The highest BCUT2D eigenvalue weighted by Crippen LogP contribution is 2.34. The maximum atomic E-state index is 13.3. The Morgan fingerprint density at radius 2 is 2.06 bits per heavy atom. The molecule has 12 heteroatoms. The second kappa shape index (κ2) is 8.84. The van der Waals surface area contributed by atoms with Crippen LogP contribution in [-0.2, 0) is 0 Å². The number of amides is 1. The Bertz CT molecular complexity index is 1470. The molecule has 182 valence electrons. The number of nitrogens with zero attached hydrogens (tertiary/aromatic N) is 8. The van der Waals surface area contributed by atoms with Gasteiger partial charge in [0.1, 0.15) is 11.9 Å². The first kappa shape index (κ1) is 23.1. The fourth-order valence-corrected chi connectivity index (χ4v) is 4.46. The van der Waals surface area contributed by atoms with Gasteiger partial charge in [0, 0.05) is 48.6 Å². The van der Waals surface area contributed by atoms with Crippen LogP contribution < -0.4 is 16.0 Å². The molecule has 1 fully saturated rings. The van der Waals surface area contributed by atoms with E-state index < -0.39 is 11.9 Å². The fraction of sp³-hybridized carbons (Fsp3) is 0.292. The molecule has 0 spiro atoms. The number of primary amides is 1. The van der Waals surface area contributed by atoms with Gasteiger partial charge in [-0.2, -0.15) is 19.3 Å². The number of nitriles is 1. The van der Waals surface area contributed by atoms with Gasteiger partial charge in [0.2, 0.25) is 5.95 Å². The van der Waals surface area contributed by atoms with Crippen LogP contribution in [0.3, 0.4) is 0 Å². The van der Waals surface area contributed by atoms with Gasteiger partial charge in [-0.15, -0.1) is 10.2 Å².